The molecule has 2 atom stereocenters. The standard InChI is InChI=1S/C2H7N2OP/c5-4-3-1-2-6-4/h3-4,6H,1-2H2. The van der Waals surface area contributed by atoms with Crippen LogP contribution in [-0.2, 0) is 0 Å². The minimum absolute atomic E-state index is 0.231. The zero-order valence-corrected chi connectivity index (χ0v) is 4.32. The van der Waals surface area contributed by atoms with Gasteiger partial charge in [0, 0.05) is 6.16 Å². The maximum Gasteiger partial charge on any atom is 0.109 e. The fourth-order valence-corrected chi connectivity index (χ4v) is 1.14. The summed E-state index contributed by atoms with van der Waals surface area (Å²) in [6, 6.07) is 0. The van der Waals surface area contributed by atoms with E-state index >= 15 is 0 Å². The molecule has 1 saturated heterocycles. The molecule has 36 valence electrons. The van der Waals surface area contributed by atoms with Gasteiger partial charge in [-0.25, -0.2) is 0 Å². The summed E-state index contributed by atoms with van der Waals surface area (Å²) >= 11 is 0. The summed E-state index contributed by atoms with van der Waals surface area (Å²) in [7, 11) is 0.532. The monoisotopic (exact) mass is 106 g/mol. The molecule has 0 radical (unpaired) electrons. The van der Waals surface area contributed by atoms with Gasteiger partial charge in [-0.15, -0.1) is 0 Å². The quantitative estimate of drug-likeness (QED) is 0.291. The van der Waals surface area contributed by atoms with Crippen LogP contribution in [0.15, 0.2) is 0 Å². The van der Waals surface area contributed by atoms with E-state index in [1.165, 1.54) is 0 Å². The third-order valence-electron chi connectivity index (χ3n) is 0.696. The third-order valence-corrected chi connectivity index (χ3v) is 1.69. The van der Waals surface area contributed by atoms with Gasteiger partial charge >= 0.3 is 0 Å². The van der Waals surface area contributed by atoms with Crippen molar-refractivity contribution in [2.24, 2.45) is 0 Å². The van der Waals surface area contributed by atoms with Crippen molar-refractivity contribution >= 4 is 8.73 Å². The number of hydrogen-bond acceptors (Lipinski definition) is 2. The van der Waals surface area contributed by atoms with Gasteiger partial charge in [-0.2, -0.15) is 5.43 Å². The van der Waals surface area contributed by atoms with E-state index in [-0.39, 0.29) is 4.94 Å². The van der Waals surface area contributed by atoms with Crippen LogP contribution in [0.1, 0.15) is 0 Å². The molecule has 4 heteroatoms. The van der Waals surface area contributed by atoms with Crippen molar-refractivity contribution in [3.05, 3.63) is 5.21 Å². The highest BCUT2D eigenvalue weighted by molar-refractivity contribution is 7.30. The molecule has 2 N–H and O–H groups in total. The van der Waals surface area contributed by atoms with Gasteiger partial charge < -0.3 is 5.21 Å². The molecule has 1 aliphatic rings. The Morgan fingerprint density at radius 2 is 2.67 bits per heavy atom. The molecule has 0 aromatic rings. The van der Waals surface area contributed by atoms with E-state index in [2.05, 4.69) is 5.43 Å². The lowest BCUT2D eigenvalue weighted by molar-refractivity contribution is -0.752. The van der Waals surface area contributed by atoms with Crippen molar-refractivity contribution in [3.8, 4) is 0 Å². The van der Waals surface area contributed by atoms with E-state index in [1.54, 1.807) is 0 Å². The van der Waals surface area contributed by atoms with Gasteiger partial charge in [0.2, 0.25) is 0 Å². The highest BCUT2D eigenvalue weighted by Crippen LogP contribution is 1.94. The average molecular weight is 106 g/mol. The van der Waals surface area contributed by atoms with E-state index in [4.69, 9.17) is 0 Å². The van der Waals surface area contributed by atoms with E-state index in [0.29, 0.717) is 8.73 Å². The summed E-state index contributed by atoms with van der Waals surface area (Å²) in [5.74, 6) is 0. The first-order chi connectivity index (χ1) is 2.89. The zero-order chi connectivity index (χ0) is 4.41. The molecule has 0 amide bonds. The molecule has 2 unspecified atom stereocenters. The molecule has 0 aromatic heterocycles. The average Bonchev–Trinajstić information content (AvgIpc) is 1.86. The summed E-state index contributed by atoms with van der Waals surface area (Å²) < 4.78 is 0. The predicted molar refractivity (Wildman–Crippen MR) is 25.5 cm³/mol. The third kappa shape index (κ3) is 0.884. The molecule has 1 heterocycles. The Labute approximate surface area is 38.1 Å². The van der Waals surface area contributed by atoms with Crippen molar-refractivity contribution in [3.63, 3.8) is 0 Å². The zero-order valence-electron chi connectivity index (χ0n) is 3.32. The molecular weight excluding hydrogens is 99.0 g/mol. The number of hydrogen-bond donors (Lipinski definition) is 2. The number of rotatable bonds is 0. The minimum atomic E-state index is 0.231. The van der Waals surface area contributed by atoms with E-state index in [1.807, 2.05) is 0 Å². The highest BCUT2D eigenvalue weighted by Gasteiger charge is 2.03. The van der Waals surface area contributed by atoms with Gasteiger partial charge in [-0.1, -0.05) is 0 Å². The number of nitrogens with one attached hydrogen (secondary N) is 2. The molecule has 0 bridgehead atoms. The first-order valence-electron chi connectivity index (χ1n) is 1.91. The van der Waals surface area contributed by atoms with Crippen molar-refractivity contribution < 1.29 is 4.94 Å². The van der Waals surface area contributed by atoms with Crippen molar-refractivity contribution in [2.45, 2.75) is 0 Å². The molecule has 3 nitrogen and oxygen atoms in total. The van der Waals surface area contributed by atoms with Crippen molar-refractivity contribution in [1.29, 1.82) is 0 Å². The summed E-state index contributed by atoms with van der Waals surface area (Å²) in [6.07, 6.45) is 1.05. The van der Waals surface area contributed by atoms with Gasteiger partial charge in [-0.05, 0) is 0 Å². The van der Waals surface area contributed by atoms with Crippen LogP contribution >= 0.6 is 8.73 Å². The molecular formula is C2H7N2OP. The summed E-state index contributed by atoms with van der Waals surface area (Å²) in [5.41, 5.74) is 2.69. The normalized spacial score (nSPS) is 38.5. The molecule has 6 heavy (non-hydrogen) atoms. The van der Waals surface area contributed by atoms with Crippen molar-refractivity contribution in [2.75, 3.05) is 12.7 Å². The second kappa shape index (κ2) is 1.85. The topological polar surface area (TPSA) is 39.5 Å². The second-order valence-corrected chi connectivity index (χ2v) is 2.49. The Morgan fingerprint density at radius 3 is 2.83 bits per heavy atom. The highest BCUT2D eigenvalue weighted by atomic mass is 31.1. The molecule has 1 aliphatic heterocycles. The van der Waals surface area contributed by atoms with Crippen LogP contribution in [0, 0.1) is 5.21 Å². The van der Waals surface area contributed by atoms with Gasteiger partial charge in [0.1, 0.15) is 8.73 Å². The Kier molecular flexibility index (Phi) is 1.37. The summed E-state index contributed by atoms with van der Waals surface area (Å²) in [6.45, 7) is 0.900. The van der Waals surface area contributed by atoms with Gasteiger partial charge in [0.05, 0.1) is 6.54 Å². The predicted octanol–water partition coefficient (Wildman–Crippen LogP) is -1.52. The van der Waals surface area contributed by atoms with Crippen LogP contribution in [0.3, 0.4) is 0 Å². The van der Waals surface area contributed by atoms with Crippen LogP contribution < -0.4 is 10.4 Å². The first kappa shape index (κ1) is 4.47. The molecule has 0 saturated carbocycles. The van der Waals surface area contributed by atoms with Gasteiger partial charge in [0.15, 0.2) is 0 Å². The van der Waals surface area contributed by atoms with Crippen LogP contribution in [0.4, 0.5) is 0 Å². The van der Waals surface area contributed by atoms with E-state index < -0.39 is 0 Å². The van der Waals surface area contributed by atoms with E-state index in [9.17, 15) is 5.21 Å². The van der Waals surface area contributed by atoms with Crippen LogP contribution in [0.25, 0.3) is 0 Å². The summed E-state index contributed by atoms with van der Waals surface area (Å²) in [5, 5.41) is 10.1. The van der Waals surface area contributed by atoms with Crippen LogP contribution in [0.2, 0.25) is 0 Å². The minimum Gasteiger partial charge on any atom is -0.612 e. The lowest BCUT2D eigenvalue weighted by Crippen LogP contribution is -3.04. The fourth-order valence-electron chi connectivity index (χ4n) is 0.415. The summed E-state index contributed by atoms with van der Waals surface area (Å²) in [4.78, 5) is 0.231. The smallest absolute Gasteiger partial charge is 0.109 e. The lowest BCUT2D eigenvalue weighted by atomic mass is 10.8. The SMILES string of the molecule is [O-][NH+]1NCCP1. The largest absolute Gasteiger partial charge is 0.612 e. The Bertz CT molecular complexity index is 44.8. The second-order valence-electron chi connectivity index (χ2n) is 1.18. The fraction of sp³-hybridized carbons (Fsp3) is 1.00. The van der Waals surface area contributed by atoms with Gasteiger partial charge in [-0.3, -0.25) is 4.94 Å². The Balaban J connectivity index is 2.18. The van der Waals surface area contributed by atoms with Crippen molar-refractivity contribution in [1.82, 2.24) is 5.43 Å². The first-order valence-corrected chi connectivity index (χ1v) is 3.12. The molecule has 1 rings (SSSR count). The van der Waals surface area contributed by atoms with Crippen LogP contribution in [-0.4, -0.2) is 12.7 Å². The Morgan fingerprint density at radius 1 is 1.83 bits per heavy atom. The molecule has 0 spiro atoms. The molecule has 0 aromatic carbocycles. The maximum atomic E-state index is 10.1. The van der Waals surface area contributed by atoms with Crippen LogP contribution in [0.5, 0.6) is 0 Å². The molecule has 0 aliphatic carbocycles. The lowest BCUT2D eigenvalue weighted by Gasteiger charge is -2.10. The number of quaternary nitrogens is 1. The molecule has 1 fully saturated rings. The van der Waals surface area contributed by atoms with E-state index in [0.717, 1.165) is 12.7 Å². The van der Waals surface area contributed by atoms with Gasteiger partial charge in [0.25, 0.3) is 0 Å². The Hall–Kier alpha value is 0.310. The maximum absolute atomic E-state index is 10.1.